The van der Waals surface area contributed by atoms with Gasteiger partial charge in [-0.1, -0.05) is 256 Å². The van der Waals surface area contributed by atoms with E-state index in [2.05, 4.69) is 167 Å². The molecule has 0 saturated carbocycles. The Morgan fingerprint density at radius 2 is 0.529 bits per heavy atom. The highest BCUT2D eigenvalue weighted by molar-refractivity contribution is 7.47. The molecule has 0 fully saturated rings. The van der Waals surface area contributed by atoms with E-state index < -0.39 is 97.5 Å². The first-order valence-electron chi connectivity index (χ1n) is 38.7. The number of phosphoric ester groups is 2. The van der Waals surface area contributed by atoms with Crippen LogP contribution < -0.4 is 0 Å². The third-order valence-electron chi connectivity index (χ3n) is 15.5. The van der Waals surface area contributed by atoms with E-state index in [1.807, 2.05) is 18.2 Å². The molecule has 0 aliphatic rings. The normalized spacial score (nSPS) is 14.8. The summed E-state index contributed by atoms with van der Waals surface area (Å²) < 4.78 is 68.4. The van der Waals surface area contributed by atoms with E-state index in [0.717, 1.165) is 154 Å². The molecule has 102 heavy (non-hydrogen) atoms. The molecule has 3 N–H and O–H groups in total. The number of ether oxygens (including phenoxy) is 4. The van der Waals surface area contributed by atoms with Crippen LogP contribution in [0.3, 0.4) is 0 Å². The molecule has 0 aliphatic heterocycles. The molecule has 0 bridgehead atoms. The maximum atomic E-state index is 13.1. The second-order valence-corrected chi connectivity index (χ2v) is 28.1. The second-order valence-electron chi connectivity index (χ2n) is 25.2. The first-order chi connectivity index (χ1) is 49.7. The smallest absolute Gasteiger partial charge is 0.462 e. The van der Waals surface area contributed by atoms with Gasteiger partial charge in [-0.05, 0) is 161 Å². The van der Waals surface area contributed by atoms with Crippen molar-refractivity contribution in [3.8, 4) is 0 Å². The maximum absolute atomic E-state index is 13.1. The fourth-order valence-electron chi connectivity index (χ4n) is 9.61. The zero-order valence-corrected chi connectivity index (χ0v) is 65.0. The van der Waals surface area contributed by atoms with Gasteiger partial charge in [-0.3, -0.25) is 37.3 Å². The zero-order chi connectivity index (χ0) is 74.6. The van der Waals surface area contributed by atoms with E-state index in [1.165, 1.54) is 44.9 Å². The minimum absolute atomic E-state index is 0.0292. The second kappa shape index (κ2) is 74.0. The third kappa shape index (κ3) is 73.0. The molecule has 19 heteroatoms. The number of hydrogen-bond acceptors (Lipinski definition) is 15. The number of aliphatic hydroxyl groups is 1. The van der Waals surface area contributed by atoms with Gasteiger partial charge in [0.2, 0.25) is 0 Å². The van der Waals surface area contributed by atoms with Gasteiger partial charge in [0.25, 0.3) is 0 Å². The van der Waals surface area contributed by atoms with Gasteiger partial charge >= 0.3 is 39.5 Å². The van der Waals surface area contributed by atoms with Crippen LogP contribution in [0.2, 0.25) is 0 Å². The standard InChI is InChI=1S/C83H136O17P2/c1-5-9-13-17-21-25-29-33-36-37-38-39-42-45-48-52-56-60-64-68-81(86)94-73-78(99-82(87)69-65-61-57-53-49-43-32-28-24-20-16-12-8-4)75-97-101(89,90)95-71-77(84)72-96-102(91,92)98-76-79(100-83(88)70-66-62-58-54-50-46-41-35-31-27-23-19-15-11-7-3)74-93-80(85)67-63-59-55-51-47-44-40-34-30-26-22-18-14-10-6-2/h9-10,13-14,21-23,25-28,32-36,38-41,45,47-48,51,56,60,77-79,84H,5-8,11-12,15-20,24,29-31,37,42-44,46,49-50,52-55,57-59,61-76H2,1-4H3,(H,89,90)(H,91,92)/b13-9-,14-10-,25-21-,26-22-,27-23-,32-28-,36-33-,39-38-,40-34-,41-35-,48-45-,51-47-,60-56-. The molecule has 580 valence electrons. The summed E-state index contributed by atoms with van der Waals surface area (Å²) in [6.45, 7) is 4.42. The Bertz CT molecular complexity index is 2550. The summed E-state index contributed by atoms with van der Waals surface area (Å²) in [6.07, 6.45) is 85.4. The van der Waals surface area contributed by atoms with E-state index in [9.17, 15) is 43.2 Å². The number of carbonyl (C=O) groups excluding carboxylic acids is 4. The van der Waals surface area contributed by atoms with Crippen LogP contribution in [0.5, 0.6) is 0 Å². The van der Waals surface area contributed by atoms with E-state index in [0.29, 0.717) is 32.1 Å². The van der Waals surface area contributed by atoms with Crippen molar-refractivity contribution in [1.82, 2.24) is 0 Å². The number of aliphatic hydroxyl groups excluding tert-OH is 1. The lowest BCUT2D eigenvalue weighted by atomic mass is 10.1. The van der Waals surface area contributed by atoms with Crippen molar-refractivity contribution >= 4 is 39.5 Å². The van der Waals surface area contributed by atoms with Crippen LogP contribution in [0.15, 0.2) is 158 Å². The van der Waals surface area contributed by atoms with Crippen molar-refractivity contribution in [2.75, 3.05) is 39.6 Å². The van der Waals surface area contributed by atoms with Crippen molar-refractivity contribution in [3.05, 3.63) is 158 Å². The highest BCUT2D eigenvalue weighted by Gasteiger charge is 2.30. The van der Waals surface area contributed by atoms with Gasteiger partial charge in [0, 0.05) is 25.7 Å². The van der Waals surface area contributed by atoms with Gasteiger partial charge in [0.05, 0.1) is 26.4 Å². The van der Waals surface area contributed by atoms with Gasteiger partial charge in [-0.2, -0.15) is 0 Å². The van der Waals surface area contributed by atoms with Crippen LogP contribution in [-0.2, 0) is 65.4 Å². The lowest BCUT2D eigenvalue weighted by Crippen LogP contribution is -2.30. The average molecular weight is 1470 g/mol. The molecule has 0 aromatic heterocycles. The van der Waals surface area contributed by atoms with E-state index in [-0.39, 0.29) is 25.7 Å². The molecular formula is C83H136O17P2. The number of hydrogen-bond donors (Lipinski definition) is 3. The molecule has 0 radical (unpaired) electrons. The molecule has 17 nitrogen and oxygen atoms in total. The quantitative estimate of drug-likeness (QED) is 0.0169. The summed E-state index contributed by atoms with van der Waals surface area (Å²) in [4.78, 5) is 72.9. The minimum atomic E-state index is -5.00. The third-order valence-corrected chi connectivity index (χ3v) is 17.4. The molecule has 0 amide bonds. The number of esters is 4. The van der Waals surface area contributed by atoms with Crippen LogP contribution in [-0.4, -0.2) is 96.7 Å². The molecule has 5 unspecified atom stereocenters. The molecule has 0 aliphatic carbocycles. The van der Waals surface area contributed by atoms with Crippen LogP contribution >= 0.6 is 15.6 Å². The van der Waals surface area contributed by atoms with Crippen molar-refractivity contribution in [2.24, 2.45) is 0 Å². The Kier molecular flexibility index (Phi) is 70.1. The Balaban J connectivity index is 5.47. The molecule has 5 atom stereocenters. The Hall–Kier alpha value is -5.32. The van der Waals surface area contributed by atoms with Gasteiger partial charge in [-0.15, -0.1) is 0 Å². The van der Waals surface area contributed by atoms with Gasteiger partial charge in [0.1, 0.15) is 19.3 Å². The van der Waals surface area contributed by atoms with Crippen molar-refractivity contribution in [2.45, 2.75) is 303 Å². The van der Waals surface area contributed by atoms with E-state index in [4.69, 9.17) is 37.0 Å². The molecular weight excluding hydrogens is 1330 g/mol. The maximum Gasteiger partial charge on any atom is 0.472 e. The SMILES string of the molecule is CC/C=C\C/C=C\C/C=C\C/C=C\C/C=C\C/C=C\CCC(=O)OCC(COP(=O)(O)OCC(O)COP(=O)(O)OCC(COC(=O)CCCC/C=C\C/C=C\C/C=C\C/C=C\CC)OC(=O)CCCCCCC/C=C\C/C=C\CCCCC)OC(=O)CCCCCCC/C=C\CCCCCC. The highest BCUT2D eigenvalue weighted by Crippen LogP contribution is 2.45. The summed E-state index contributed by atoms with van der Waals surface area (Å²) in [7, 11) is -10.0. The molecule has 0 spiro atoms. The number of allylic oxidation sites excluding steroid dienone is 26. The molecule has 0 heterocycles. The molecule has 0 aromatic rings. The fourth-order valence-corrected chi connectivity index (χ4v) is 11.2. The summed E-state index contributed by atoms with van der Waals surface area (Å²) >= 11 is 0. The predicted molar refractivity (Wildman–Crippen MR) is 417 cm³/mol. The Morgan fingerprint density at radius 3 is 0.892 bits per heavy atom. The summed E-state index contributed by atoms with van der Waals surface area (Å²) in [6, 6.07) is 0. The van der Waals surface area contributed by atoms with Crippen LogP contribution in [0.1, 0.15) is 285 Å². The first-order valence-corrected chi connectivity index (χ1v) is 41.7. The number of unbranched alkanes of at least 4 members (excludes halogenated alkanes) is 19. The van der Waals surface area contributed by atoms with Crippen LogP contribution in [0.4, 0.5) is 0 Å². The van der Waals surface area contributed by atoms with Crippen molar-refractivity contribution in [3.63, 3.8) is 0 Å². The zero-order valence-electron chi connectivity index (χ0n) is 63.2. The topological polar surface area (TPSA) is 237 Å². The van der Waals surface area contributed by atoms with Crippen molar-refractivity contribution < 1.29 is 80.2 Å². The van der Waals surface area contributed by atoms with Crippen LogP contribution in [0, 0.1) is 0 Å². The molecule has 0 aromatic carbocycles. The first kappa shape index (κ1) is 96.7. The summed E-state index contributed by atoms with van der Waals surface area (Å²) in [5.41, 5.74) is 0. The predicted octanol–water partition coefficient (Wildman–Crippen LogP) is 22.4. The summed E-state index contributed by atoms with van der Waals surface area (Å²) in [5, 5.41) is 10.6. The van der Waals surface area contributed by atoms with Gasteiger partial charge in [-0.25, -0.2) is 9.13 Å². The fraction of sp³-hybridized carbons (Fsp3) is 0.639. The summed E-state index contributed by atoms with van der Waals surface area (Å²) in [5.74, 6) is -2.36. The van der Waals surface area contributed by atoms with E-state index in [1.54, 1.807) is 0 Å². The van der Waals surface area contributed by atoms with Gasteiger partial charge < -0.3 is 33.8 Å². The Labute approximate surface area is 617 Å². The molecule has 0 rings (SSSR count). The number of carbonyl (C=O) groups is 4. The average Bonchev–Trinajstić information content (AvgIpc) is 0.908. The number of rotatable bonds is 71. The van der Waals surface area contributed by atoms with Gasteiger partial charge in [0.15, 0.2) is 12.2 Å². The van der Waals surface area contributed by atoms with E-state index >= 15 is 0 Å². The minimum Gasteiger partial charge on any atom is -0.462 e. The largest absolute Gasteiger partial charge is 0.472 e. The highest BCUT2D eigenvalue weighted by atomic mass is 31.2. The Morgan fingerprint density at radius 1 is 0.284 bits per heavy atom. The monoisotopic (exact) mass is 1470 g/mol. The van der Waals surface area contributed by atoms with Crippen LogP contribution in [0.25, 0.3) is 0 Å². The molecule has 0 saturated heterocycles. The number of phosphoric acid groups is 2. The lowest BCUT2D eigenvalue weighted by molar-refractivity contribution is -0.161. The van der Waals surface area contributed by atoms with Crippen molar-refractivity contribution in [1.29, 1.82) is 0 Å². The lowest BCUT2D eigenvalue weighted by Gasteiger charge is -2.21.